The highest BCUT2D eigenvalue weighted by molar-refractivity contribution is 7.17. The number of carbonyl (C=O) groups is 2. The maximum absolute atomic E-state index is 13.0. The highest BCUT2D eigenvalue weighted by atomic mass is 32.1. The number of nitrogens with zero attached hydrogens (tertiary/aromatic N) is 2. The van der Waals surface area contributed by atoms with Crippen molar-refractivity contribution in [1.82, 2.24) is 21.0 Å². The molecule has 0 unspecified atom stereocenters. The Bertz CT molecular complexity index is 1240. The van der Waals surface area contributed by atoms with Crippen LogP contribution in [0, 0.1) is 11.6 Å². The van der Waals surface area contributed by atoms with Crippen LogP contribution in [-0.4, -0.2) is 22.0 Å². The van der Waals surface area contributed by atoms with Crippen molar-refractivity contribution in [1.29, 1.82) is 0 Å². The molecule has 2 aromatic carbocycles. The molecule has 32 heavy (non-hydrogen) atoms. The number of nitrogens with one attached hydrogen (secondary N) is 2. The lowest BCUT2D eigenvalue weighted by Gasteiger charge is -2.05. The molecule has 0 atom stereocenters. The molecule has 2 N–H and O–H groups in total. The summed E-state index contributed by atoms with van der Waals surface area (Å²) in [4.78, 5) is 29.7. The fraction of sp³-hybridized carbons (Fsp3) is 0.0909. The van der Waals surface area contributed by atoms with Gasteiger partial charge in [-0.25, -0.2) is 8.78 Å². The maximum atomic E-state index is 13.0. The number of hydrazine groups is 1. The molecule has 0 aliphatic carbocycles. The lowest BCUT2D eigenvalue weighted by Crippen LogP contribution is -2.41. The van der Waals surface area contributed by atoms with E-state index in [9.17, 15) is 18.4 Å². The monoisotopic (exact) mass is 454 g/mol. The topological polar surface area (TPSA) is 97.1 Å². The van der Waals surface area contributed by atoms with E-state index in [1.807, 2.05) is 0 Å². The molecule has 162 valence electrons. The minimum atomic E-state index is -0.465. The van der Waals surface area contributed by atoms with Gasteiger partial charge in [0.25, 0.3) is 5.91 Å². The smallest absolute Gasteiger partial charge is 0.279 e. The number of thiophene rings is 1. The van der Waals surface area contributed by atoms with Crippen LogP contribution in [0.3, 0.4) is 0 Å². The molecule has 7 nitrogen and oxygen atoms in total. The second-order valence-corrected chi connectivity index (χ2v) is 7.78. The Morgan fingerprint density at radius 1 is 0.875 bits per heavy atom. The van der Waals surface area contributed by atoms with Crippen molar-refractivity contribution in [2.45, 2.75) is 12.8 Å². The first-order valence-corrected chi connectivity index (χ1v) is 10.3. The van der Waals surface area contributed by atoms with E-state index in [1.165, 1.54) is 47.7 Å². The van der Waals surface area contributed by atoms with Crippen LogP contribution in [-0.2, 0) is 11.2 Å². The number of amides is 2. The van der Waals surface area contributed by atoms with Gasteiger partial charge in [0.15, 0.2) is 0 Å². The molecule has 0 saturated heterocycles. The van der Waals surface area contributed by atoms with E-state index in [-0.39, 0.29) is 30.4 Å². The Hall–Kier alpha value is -3.92. The molecule has 4 rings (SSSR count). The molecule has 2 aromatic heterocycles. The standard InChI is InChI=1S/C22H16F2N4O3S/c23-15-5-1-13(2-6-15)17-9-10-18(32-17)22(30)27-26-19(29)11-12-20-25-21(28-31-20)14-3-7-16(24)8-4-14/h1-10H,11-12H2,(H,26,29)(H,27,30). The largest absolute Gasteiger partial charge is 0.339 e. The van der Waals surface area contributed by atoms with Gasteiger partial charge in [0.2, 0.25) is 17.6 Å². The molecule has 4 aromatic rings. The van der Waals surface area contributed by atoms with Gasteiger partial charge in [-0.15, -0.1) is 11.3 Å². The molecule has 10 heteroatoms. The third kappa shape index (κ3) is 5.22. The summed E-state index contributed by atoms with van der Waals surface area (Å²) in [6.07, 6.45) is 0.181. The van der Waals surface area contributed by atoms with Gasteiger partial charge in [-0.05, 0) is 54.1 Å². The number of hydrogen-bond acceptors (Lipinski definition) is 6. The number of aromatic nitrogens is 2. The quantitative estimate of drug-likeness (QED) is 0.427. The lowest BCUT2D eigenvalue weighted by molar-refractivity contribution is -0.121. The first-order valence-electron chi connectivity index (χ1n) is 9.51. The normalized spacial score (nSPS) is 10.7. The van der Waals surface area contributed by atoms with Crippen molar-refractivity contribution in [2.75, 3.05) is 0 Å². The first-order chi connectivity index (χ1) is 15.5. The van der Waals surface area contributed by atoms with Crippen LogP contribution < -0.4 is 10.9 Å². The third-order valence-electron chi connectivity index (χ3n) is 4.41. The van der Waals surface area contributed by atoms with Crippen LogP contribution in [0.2, 0.25) is 0 Å². The predicted octanol–water partition coefficient (Wildman–Crippen LogP) is 4.14. The zero-order valence-corrected chi connectivity index (χ0v) is 17.3. The Morgan fingerprint density at radius 3 is 2.22 bits per heavy atom. The third-order valence-corrected chi connectivity index (χ3v) is 5.54. The summed E-state index contributed by atoms with van der Waals surface area (Å²) >= 11 is 1.22. The zero-order valence-electron chi connectivity index (χ0n) is 16.5. The molecule has 0 bridgehead atoms. The molecule has 0 spiro atoms. The molecule has 0 aliphatic heterocycles. The fourth-order valence-electron chi connectivity index (χ4n) is 2.77. The molecule has 0 radical (unpaired) electrons. The average molecular weight is 454 g/mol. The highest BCUT2D eigenvalue weighted by Gasteiger charge is 2.13. The lowest BCUT2D eigenvalue weighted by atomic mass is 10.2. The summed E-state index contributed by atoms with van der Waals surface area (Å²) in [6, 6.07) is 15.0. The molecular weight excluding hydrogens is 438 g/mol. The van der Waals surface area contributed by atoms with E-state index >= 15 is 0 Å². The summed E-state index contributed by atoms with van der Waals surface area (Å²) in [5, 5.41) is 3.81. The number of rotatable bonds is 6. The van der Waals surface area contributed by atoms with Gasteiger partial charge in [-0.3, -0.25) is 20.4 Å². The summed E-state index contributed by atoms with van der Waals surface area (Å²) in [5.74, 6) is -1.07. The van der Waals surface area contributed by atoms with Crippen molar-refractivity contribution < 1.29 is 22.9 Å². The Labute approximate surface area is 185 Å². The van der Waals surface area contributed by atoms with E-state index in [4.69, 9.17) is 4.52 Å². The van der Waals surface area contributed by atoms with Crippen molar-refractivity contribution in [3.63, 3.8) is 0 Å². The molecule has 0 fully saturated rings. The second kappa shape index (κ2) is 9.48. The van der Waals surface area contributed by atoms with Crippen molar-refractivity contribution >= 4 is 23.2 Å². The minimum Gasteiger partial charge on any atom is -0.339 e. The Balaban J connectivity index is 1.26. The summed E-state index contributed by atoms with van der Waals surface area (Å²) in [7, 11) is 0. The van der Waals surface area contributed by atoms with Gasteiger partial charge < -0.3 is 4.52 Å². The Morgan fingerprint density at radius 2 is 1.53 bits per heavy atom. The average Bonchev–Trinajstić information content (AvgIpc) is 3.47. The number of carbonyl (C=O) groups excluding carboxylic acids is 2. The number of benzene rings is 2. The zero-order chi connectivity index (χ0) is 22.5. The van der Waals surface area contributed by atoms with Crippen LogP contribution in [0.25, 0.3) is 21.8 Å². The summed E-state index contributed by atoms with van der Waals surface area (Å²) in [6.45, 7) is 0. The maximum Gasteiger partial charge on any atom is 0.279 e. The molecule has 2 amide bonds. The molecule has 0 aliphatic rings. The summed E-state index contributed by atoms with van der Waals surface area (Å²) in [5.41, 5.74) is 6.08. The van der Waals surface area contributed by atoms with Crippen LogP contribution in [0.1, 0.15) is 22.0 Å². The second-order valence-electron chi connectivity index (χ2n) is 6.69. The molecule has 2 heterocycles. The van der Waals surface area contributed by atoms with Gasteiger partial charge in [0, 0.05) is 23.3 Å². The van der Waals surface area contributed by atoms with Crippen LogP contribution in [0.4, 0.5) is 8.78 Å². The number of aryl methyl sites for hydroxylation is 1. The van der Waals surface area contributed by atoms with Crippen molar-refractivity contribution in [3.05, 3.63) is 83.1 Å². The first kappa shape index (κ1) is 21.3. The minimum absolute atomic E-state index is 0.0105. The molecule has 0 saturated carbocycles. The van der Waals surface area contributed by atoms with Gasteiger partial charge in [-0.1, -0.05) is 17.3 Å². The fourth-order valence-corrected chi connectivity index (χ4v) is 3.68. The van der Waals surface area contributed by atoms with E-state index in [1.54, 1.807) is 24.3 Å². The van der Waals surface area contributed by atoms with Crippen molar-refractivity contribution in [3.8, 4) is 21.8 Å². The SMILES string of the molecule is O=C(CCc1nc(-c2ccc(F)cc2)no1)NNC(=O)c1ccc(-c2ccc(F)cc2)s1. The van der Waals surface area contributed by atoms with Gasteiger partial charge in [-0.2, -0.15) is 4.98 Å². The number of halogens is 2. The Kier molecular flexibility index (Phi) is 6.31. The van der Waals surface area contributed by atoms with Gasteiger partial charge in [0.1, 0.15) is 11.6 Å². The van der Waals surface area contributed by atoms with Gasteiger partial charge >= 0.3 is 0 Å². The highest BCUT2D eigenvalue weighted by Crippen LogP contribution is 2.28. The van der Waals surface area contributed by atoms with E-state index < -0.39 is 11.8 Å². The number of hydrogen-bond donors (Lipinski definition) is 2. The van der Waals surface area contributed by atoms with E-state index in [0.717, 1.165) is 10.4 Å². The van der Waals surface area contributed by atoms with Crippen molar-refractivity contribution in [2.24, 2.45) is 0 Å². The van der Waals surface area contributed by atoms with Crippen LogP contribution >= 0.6 is 11.3 Å². The van der Waals surface area contributed by atoms with Crippen LogP contribution in [0.5, 0.6) is 0 Å². The van der Waals surface area contributed by atoms with Gasteiger partial charge in [0.05, 0.1) is 4.88 Å². The van der Waals surface area contributed by atoms with E-state index in [0.29, 0.717) is 16.3 Å². The van der Waals surface area contributed by atoms with E-state index in [2.05, 4.69) is 21.0 Å². The van der Waals surface area contributed by atoms with Crippen LogP contribution in [0.15, 0.2) is 65.2 Å². The molecular formula is C22H16F2N4O3S. The predicted molar refractivity (Wildman–Crippen MR) is 113 cm³/mol. The summed E-state index contributed by atoms with van der Waals surface area (Å²) < 4.78 is 31.1.